The third kappa shape index (κ3) is 7.38. The number of rotatable bonds is 10. The first-order valence-corrected chi connectivity index (χ1v) is 8.59. The molecule has 122 valence electrons. The molecule has 0 spiro atoms. The van der Waals surface area contributed by atoms with Crippen molar-refractivity contribution < 1.29 is 28.9 Å². The lowest BCUT2D eigenvalue weighted by atomic mass is 10.1. The number of aliphatic carboxylic acids is 2. The van der Waals surface area contributed by atoms with Gasteiger partial charge in [0.15, 0.2) is 8.03 Å². The smallest absolute Gasteiger partial charge is 0.307 e. The summed E-state index contributed by atoms with van der Waals surface area (Å²) in [5.74, 6) is -3.16. The summed E-state index contributed by atoms with van der Waals surface area (Å²) in [6, 6.07) is 9.57. The van der Waals surface area contributed by atoms with Gasteiger partial charge in [0, 0.05) is 12.6 Å². The number of benzene rings is 1. The summed E-state index contributed by atoms with van der Waals surface area (Å²) in [5.41, 5.74) is 1.05. The molecule has 0 saturated heterocycles. The number of hydrogen-bond acceptors (Lipinski definition) is 4. The Morgan fingerprint density at radius 1 is 1.23 bits per heavy atom. The standard InChI is InChI=1S/C15H21O6P/c1-11(9-12-5-3-2-4-6-12)21-22(20)10-13(15(18)19)7-8-14(16)17/h2-6,11,13,22H,7-10H2,1H3,(H,16,17)(H,18,19). The first-order valence-electron chi connectivity index (χ1n) is 7.06. The highest BCUT2D eigenvalue weighted by Crippen LogP contribution is 2.30. The van der Waals surface area contributed by atoms with Crippen LogP contribution in [0.5, 0.6) is 0 Å². The van der Waals surface area contributed by atoms with Crippen molar-refractivity contribution in [3.05, 3.63) is 35.9 Å². The van der Waals surface area contributed by atoms with Gasteiger partial charge in [-0.1, -0.05) is 30.3 Å². The molecule has 1 aromatic rings. The molecule has 0 aromatic heterocycles. The Balaban J connectivity index is 2.45. The van der Waals surface area contributed by atoms with Crippen LogP contribution in [0.3, 0.4) is 0 Å². The highest BCUT2D eigenvalue weighted by molar-refractivity contribution is 7.39. The molecule has 1 rings (SSSR count). The van der Waals surface area contributed by atoms with Crippen molar-refractivity contribution in [1.82, 2.24) is 0 Å². The third-order valence-corrected chi connectivity index (χ3v) is 4.66. The van der Waals surface area contributed by atoms with Gasteiger partial charge in [0.1, 0.15) is 0 Å². The van der Waals surface area contributed by atoms with E-state index in [2.05, 4.69) is 0 Å². The molecule has 3 unspecified atom stereocenters. The Morgan fingerprint density at radius 2 is 1.86 bits per heavy atom. The van der Waals surface area contributed by atoms with Gasteiger partial charge in [-0.2, -0.15) is 0 Å². The quantitative estimate of drug-likeness (QED) is 0.640. The highest BCUT2D eigenvalue weighted by Gasteiger charge is 2.22. The van der Waals surface area contributed by atoms with E-state index < -0.39 is 25.9 Å². The van der Waals surface area contributed by atoms with Gasteiger partial charge in [0.05, 0.1) is 12.0 Å². The molecule has 0 bridgehead atoms. The van der Waals surface area contributed by atoms with Crippen LogP contribution in [0.1, 0.15) is 25.3 Å². The molecular weight excluding hydrogens is 307 g/mol. The maximum atomic E-state index is 12.0. The Bertz CT molecular complexity index is 516. The maximum absolute atomic E-state index is 12.0. The van der Waals surface area contributed by atoms with Crippen LogP contribution in [0.2, 0.25) is 0 Å². The number of carbonyl (C=O) groups is 2. The summed E-state index contributed by atoms with van der Waals surface area (Å²) in [7, 11) is -2.52. The topological polar surface area (TPSA) is 101 Å². The fourth-order valence-electron chi connectivity index (χ4n) is 2.07. The molecular formula is C15H21O6P. The van der Waals surface area contributed by atoms with Crippen molar-refractivity contribution in [2.75, 3.05) is 6.16 Å². The molecule has 3 atom stereocenters. The van der Waals surface area contributed by atoms with Gasteiger partial charge in [-0.15, -0.1) is 0 Å². The monoisotopic (exact) mass is 328 g/mol. The van der Waals surface area contributed by atoms with E-state index in [1.807, 2.05) is 30.3 Å². The van der Waals surface area contributed by atoms with Crippen molar-refractivity contribution in [2.24, 2.45) is 5.92 Å². The molecule has 0 aliphatic carbocycles. The fraction of sp³-hybridized carbons (Fsp3) is 0.467. The second kappa shape index (κ2) is 9.38. The lowest BCUT2D eigenvalue weighted by Crippen LogP contribution is -2.19. The zero-order valence-electron chi connectivity index (χ0n) is 12.4. The SMILES string of the molecule is CC(Cc1ccccc1)O[PH](=O)CC(CCC(=O)O)C(=O)O. The largest absolute Gasteiger partial charge is 0.481 e. The van der Waals surface area contributed by atoms with Crippen molar-refractivity contribution >= 4 is 20.0 Å². The molecule has 0 amide bonds. The van der Waals surface area contributed by atoms with E-state index in [9.17, 15) is 14.2 Å². The van der Waals surface area contributed by atoms with Gasteiger partial charge in [-0.05, 0) is 25.3 Å². The lowest BCUT2D eigenvalue weighted by molar-refractivity contribution is -0.142. The zero-order valence-corrected chi connectivity index (χ0v) is 13.4. The maximum Gasteiger partial charge on any atom is 0.307 e. The molecule has 22 heavy (non-hydrogen) atoms. The Morgan fingerprint density at radius 3 is 2.41 bits per heavy atom. The van der Waals surface area contributed by atoms with Crippen molar-refractivity contribution in [3.63, 3.8) is 0 Å². The van der Waals surface area contributed by atoms with Crippen LogP contribution in [0, 0.1) is 5.92 Å². The minimum absolute atomic E-state index is 0.0441. The number of carboxylic acid groups (broad SMARTS) is 2. The number of carboxylic acids is 2. The fourth-order valence-corrected chi connectivity index (χ4v) is 3.48. The normalized spacial score (nSPS) is 15.0. The van der Waals surface area contributed by atoms with E-state index in [1.165, 1.54) is 0 Å². The summed E-state index contributed by atoms with van der Waals surface area (Å²) in [6.07, 6.45) is -0.137. The number of hydrogen-bond donors (Lipinski definition) is 2. The van der Waals surface area contributed by atoms with Crippen LogP contribution in [-0.2, 0) is 25.1 Å². The van der Waals surface area contributed by atoms with Crippen molar-refractivity contribution in [1.29, 1.82) is 0 Å². The van der Waals surface area contributed by atoms with Gasteiger partial charge in [-0.3, -0.25) is 14.2 Å². The van der Waals surface area contributed by atoms with E-state index in [-0.39, 0.29) is 25.1 Å². The molecule has 7 heteroatoms. The highest BCUT2D eigenvalue weighted by atomic mass is 31.1. The zero-order chi connectivity index (χ0) is 16.5. The predicted octanol–water partition coefficient (Wildman–Crippen LogP) is 2.67. The Kier molecular flexibility index (Phi) is 7.85. The molecule has 0 radical (unpaired) electrons. The van der Waals surface area contributed by atoms with E-state index >= 15 is 0 Å². The molecule has 0 heterocycles. The molecule has 0 aliphatic rings. The van der Waals surface area contributed by atoms with Crippen LogP contribution >= 0.6 is 8.03 Å². The second-order valence-electron chi connectivity index (χ2n) is 5.16. The average Bonchev–Trinajstić information content (AvgIpc) is 2.43. The summed E-state index contributed by atoms with van der Waals surface area (Å²) in [6.45, 7) is 1.78. The van der Waals surface area contributed by atoms with Crippen LogP contribution in [0.4, 0.5) is 0 Å². The lowest BCUT2D eigenvalue weighted by Gasteiger charge is -2.15. The minimum atomic E-state index is -2.52. The first-order chi connectivity index (χ1) is 10.4. The summed E-state index contributed by atoms with van der Waals surface area (Å²) in [4.78, 5) is 21.6. The molecule has 0 saturated carbocycles. The van der Waals surface area contributed by atoms with E-state index in [0.717, 1.165) is 5.56 Å². The molecule has 0 fully saturated rings. The van der Waals surface area contributed by atoms with Crippen LogP contribution < -0.4 is 0 Å². The van der Waals surface area contributed by atoms with Gasteiger partial charge in [0.25, 0.3) is 0 Å². The molecule has 6 nitrogen and oxygen atoms in total. The van der Waals surface area contributed by atoms with Gasteiger partial charge in [-0.25, -0.2) is 0 Å². The average molecular weight is 328 g/mol. The summed E-state index contributed by atoms with van der Waals surface area (Å²) >= 11 is 0. The molecule has 1 aromatic carbocycles. The predicted molar refractivity (Wildman–Crippen MR) is 82.6 cm³/mol. The van der Waals surface area contributed by atoms with Gasteiger partial charge in [0.2, 0.25) is 0 Å². The van der Waals surface area contributed by atoms with E-state index in [1.54, 1.807) is 6.92 Å². The van der Waals surface area contributed by atoms with Crippen LogP contribution in [0.25, 0.3) is 0 Å². The summed E-state index contributed by atoms with van der Waals surface area (Å²) < 4.78 is 17.3. The third-order valence-electron chi connectivity index (χ3n) is 3.17. The first kappa shape index (κ1) is 18.4. The minimum Gasteiger partial charge on any atom is -0.481 e. The molecule has 0 aliphatic heterocycles. The Labute approximate surface area is 130 Å². The van der Waals surface area contributed by atoms with Crippen molar-refractivity contribution in [3.8, 4) is 0 Å². The summed E-state index contributed by atoms with van der Waals surface area (Å²) in [5, 5.41) is 17.6. The van der Waals surface area contributed by atoms with E-state index in [4.69, 9.17) is 14.7 Å². The Hall–Kier alpha value is -1.65. The van der Waals surface area contributed by atoms with Crippen molar-refractivity contribution in [2.45, 2.75) is 32.3 Å². The van der Waals surface area contributed by atoms with Crippen LogP contribution in [0.15, 0.2) is 30.3 Å². The van der Waals surface area contributed by atoms with Gasteiger partial charge >= 0.3 is 11.9 Å². The van der Waals surface area contributed by atoms with E-state index in [0.29, 0.717) is 6.42 Å². The van der Waals surface area contributed by atoms with Gasteiger partial charge < -0.3 is 14.7 Å². The molecule has 2 N–H and O–H groups in total. The van der Waals surface area contributed by atoms with Crippen LogP contribution in [-0.4, -0.2) is 34.4 Å². The second-order valence-corrected chi connectivity index (χ2v) is 6.55.